The van der Waals surface area contributed by atoms with E-state index in [0.717, 1.165) is 5.56 Å². The molecule has 0 aliphatic rings. The summed E-state index contributed by atoms with van der Waals surface area (Å²) >= 11 is 5.81. The molecule has 0 radical (unpaired) electrons. The van der Waals surface area contributed by atoms with Crippen molar-refractivity contribution in [1.29, 1.82) is 0 Å². The third-order valence-electron chi connectivity index (χ3n) is 3.03. The molecule has 3 nitrogen and oxygen atoms in total. The first-order valence-corrected chi connectivity index (χ1v) is 8.30. The minimum Gasteiger partial charge on any atom is -0.325 e. The van der Waals surface area contributed by atoms with Crippen molar-refractivity contribution in [1.82, 2.24) is 0 Å². The number of carbonyl (C=O) groups is 1. The lowest BCUT2D eigenvalue weighted by Gasteiger charge is -2.12. The van der Waals surface area contributed by atoms with E-state index in [1.165, 1.54) is 0 Å². The predicted octanol–water partition coefficient (Wildman–Crippen LogP) is 3.62. The highest BCUT2D eigenvalue weighted by Crippen LogP contribution is 2.14. The number of para-hydroxylation sites is 1. The third-order valence-corrected chi connectivity index (χ3v) is 4.90. The van der Waals surface area contributed by atoms with Gasteiger partial charge in [-0.05, 0) is 36.8 Å². The average molecular weight is 322 g/mol. The molecule has 2 aromatic rings. The number of nitrogens with one attached hydrogen (secondary N) is 1. The molecule has 0 aromatic heterocycles. The van der Waals surface area contributed by atoms with Crippen LogP contribution in [0, 0.1) is 0 Å². The van der Waals surface area contributed by atoms with Crippen LogP contribution in [0.1, 0.15) is 12.5 Å². The predicted molar refractivity (Wildman–Crippen MR) is 87.8 cm³/mol. The number of hydrogen-bond donors (Lipinski definition) is 1. The van der Waals surface area contributed by atoms with E-state index in [9.17, 15) is 9.00 Å². The van der Waals surface area contributed by atoms with Gasteiger partial charge in [0, 0.05) is 27.3 Å². The summed E-state index contributed by atoms with van der Waals surface area (Å²) in [5, 5.41) is 2.82. The van der Waals surface area contributed by atoms with Gasteiger partial charge in [-0.2, -0.15) is 0 Å². The zero-order valence-corrected chi connectivity index (χ0v) is 13.2. The lowest BCUT2D eigenvalue weighted by Crippen LogP contribution is -2.29. The van der Waals surface area contributed by atoms with E-state index in [4.69, 9.17) is 11.6 Å². The second kappa shape index (κ2) is 7.38. The zero-order valence-electron chi connectivity index (χ0n) is 11.6. The Kier molecular flexibility index (Phi) is 5.53. The number of carbonyl (C=O) groups excluding carboxylic acids is 1. The first kappa shape index (κ1) is 15.7. The summed E-state index contributed by atoms with van der Waals surface area (Å²) in [6.45, 7) is 1.67. The second-order valence-electron chi connectivity index (χ2n) is 4.65. The highest BCUT2D eigenvalue weighted by Gasteiger charge is 2.20. The largest absolute Gasteiger partial charge is 0.325 e. The van der Waals surface area contributed by atoms with Crippen molar-refractivity contribution >= 4 is 34.0 Å². The van der Waals surface area contributed by atoms with Crippen LogP contribution in [0.3, 0.4) is 0 Å². The molecule has 1 amide bonds. The molecule has 110 valence electrons. The van der Waals surface area contributed by atoms with Gasteiger partial charge >= 0.3 is 0 Å². The monoisotopic (exact) mass is 321 g/mol. The van der Waals surface area contributed by atoms with Crippen molar-refractivity contribution in [3.63, 3.8) is 0 Å². The van der Waals surface area contributed by atoms with Crippen LogP contribution in [-0.4, -0.2) is 15.4 Å². The van der Waals surface area contributed by atoms with Crippen molar-refractivity contribution in [2.24, 2.45) is 0 Å². The number of halogens is 1. The Morgan fingerprint density at radius 1 is 1.14 bits per heavy atom. The van der Waals surface area contributed by atoms with Crippen LogP contribution in [-0.2, 0) is 21.3 Å². The average Bonchev–Trinajstić information content (AvgIpc) is 2.49. The van der Waals surface area contributed by atoms with Gasteiger partial charge in [-0.1, -0.05) is 41.9 Å². The Morgan fingerprint density at radius 2 is 1.76 bits per heavy atom. The Morgan fingerprint density at radius 3 is 2.38 bits per heavy atom. The van der Waals surface area contributed by atoms with Crippen LogP contribution in [0.5, 0.6) is 0 Å². The van der Waals surface area contributed by atoms with Crippen molar-refractivity contribution < 1.29 is 9.00 Å². The molecule has 2 unspecified atom stereocenters. The Balaban J connectivity index is 1.95. The topological polar surface area (TPSA) is 46.2 Å². The van der Waals surface area contributed by atoms with E-state index in [1.54, 1.807) is 31.2 Å². The standard InChI is InChI=1S/C16H16ClNO2S/c1-12(16(19)18-15-5-3-2-4-6-15)21(20)11-13-7-9-14(17)10-8-13/h2-10,12H,11H2,1H3,(H,18,19). The highest BCUT2D eigenvalue weighted by molar-refractivity contribution is 7.85. The Hall–Kier alpha value is -1.65. The van der Waals surface area contributed by atoms with Gasteiger partial charge in [0.25, 0.3) is 0 Å². The van der Waals surface area contributed by atoms with E-state index in [-0.39, 0.29) is 5.91 Å². The SMILES string of the molecule is CC(C(=O)Nc1ccccc1)S(=O)Cc1ccc(Cl)cc1. The summed E-state index contributed by atoms with van der Waals surface area (Å²) in [7, 11) is -1.28. The molecule has 1 N–H and O–H groups in total. The first-order valence-electron chi connectivity index (χ1n) is 6.54. The molecular formula is C16H16ClNO2S. The van der Waals surface area contributed by atoms with Gasteiger partial charge in [-0.25, -0.2) is 0 Å². The summed E-state index contributed by atoms with van der Waals surface area (Å²) in [4.78, 5) is 12.1. The summed E-state index contributed by atoms with van der Waals surface area (Å²) in [6, 6.07) is 16.3. The molecule has 0 aliphatic heterocycles. The fraction of sp³-hybridized carbons (Fsp3) is 0.188. The van der Waals surface area contributed by atoms with Crippen LogP contribution < -0.4 is 5.32 Å². The number of amides is 1. The van der Waals surface area contributed by atoms with Gasteiger partial charge in [0.1, 0.15) is 5.25 Å². The highest BCUT2D eigenvalue weighted by atomic mass is 35.5. The maximum Gasteiger partial charge on any atom is 0.239 e. The Labute approximate surface area is 131 Å². The van der Waals surface area contributed by atoms with Gasteiger partial charge in [0.2, 0.25) is 5.91 Å². The van der Waals surface area contributed by atoms with E-state index in [0.29, 0.717) is 16.5 Å². The smallest absolute Gasteiger partial charge is 0.239 e. The molecule has 2 aromatic carbocycles. The molecule has 2 atom stereocenters. The van der Waals surface area contributed by atoms with E-state index < -0.39 is 16.0 Å². The molecule has 0 saturated heterocycles. The molecular weight excluding hydrogens is 306 g/mol. The summed E-state index contributed by atoms with van der Waals surface area (Å²) in [6.07, 6.45) is 0. The first-order chi connectivity index (χ1) is 10.1. The number of rotatable bonds is 5. The quantitative estimate of drug-likeness (QED) is 0.914. The van der Waals surface area contributed by atoms with Crippen molar-refractivity contribution in [2.45, 2.75) is 17.9 Å². The normalized spacial score (nSPS) is 13.4. The van der Waals surface area contributed by atoms with E-state index >= 15 is 0 Å². The van der Waals surface area contributed by atoms with Crippen LogP contribution in [0.2, 0.25) is 5.02 Å². The van der Waals surface area contributed by atoms with Gasteiger partial charge in [0.15, 0.2) is 0 Å². The second-order valence-corrected chi connectivity index (χ2v) is 6.84. The van der Waals surface area contributed by atoms with Crippen LogP contribution in [0.25, 0.3) is 0 Å². The van der Waals surface area contributed by atoms with Crippen molar-refractivity contribution in [3.8, 4) is 0 Å². The van der Waals surface area contributed by atoms with E-state index in [1.807, 2.05) is 30.3 Å². The molecule has 21 heavy (non-hydrogen) atoms. The molecule has 0 fully saturated rings. The fourth-order valence-corrected chi connectivity index (χ4v) is 2.95. The summed E-state index contributed by atoms with van der Waals surface area (Å²) in [5.74, 6) is 0.0917. The molecule has 0 bridgehead atoms. The number of benzene rings is 2. The van der Waals surface area contributed by atoms with Crippen LogP contribution in [0.4, 0.5) is 5.69 Å². The van der Waals surface area contributed by atoms with Gasteiger partial charge in [-0.3, -0.25) is 9.00 Å². The van der Waals surface area contributed by atoms with Crippen LogP contribution >= 0.6 is 11.6 Å². The minimum atomic E-state index is -1.28. The molecule has 0 aliphatic carbocycles. The van der Waals surface area contributed by atoms with Gasteiger partial charge < -0.3 is 5.32 Å². The van der Waals surface area contributed by atoms with Crippen molar-refractivity contribution in [2.75, 3.05) is 5.32 Å². The third kappa shape index (κ3) is 4.69. The molecule has 5 heteroatoms. The van der Waals surface area contributed by atoms with Crippen LogP contribution in [0.15, 0.2) is 54.6 Å². The Bertz CT molecular complexity index is 628. The number of hydrogen-bond acceptors (Lipinski definition) is 2. The molecule has 0 heterocycles. The van der Waals surface area contributed by atoms with Gasteiger partial charge in [-0.15, -0.1) is 0 Å². The maximum absolute atomic E-state index is 12.2. The summed E-state index contributed by atoms with van der Waals surface area (Å²) in [5.41, 5.74) is 1.61. The van der Waals surface area contributed by atoms with E-state index in [2.05, 4.69) is 5.32 Å². The minimum absolute atomic E-state index is 0.242. The lowest BCUT2D eigenvalue weighted by molar-refractivity contribution is -0.115. The maximum atomic E-state index is 12.2. The molecule has 0 saturated carbocycles. The lowest BCUT2D eigenvalue weighted by atomic mass is 10.2. The molecule has 0 spiro atoms. The zero-order chi connectivity index (χ0) is 15.2. The molecule has 2 rings (SSSR count). The van der Waals surface area contributed by atoms with Gasteiger partial charge in [0.05, 0.1) is 0 Å². The number of anilines is 1. The summed E-state index contributed by atoms with van der Waals surface area (Å²) < 4.78 is 12.2. The van der Waals surface area contributed by atoms with Crippen molar-refractivity contribution in [3.05, 3.63) is 65.2 Å². The fourth-order valence-electron chi connectivity index (χ4n) is 1.75.